The van der Waals surface area contributed by atoms with Crippen LogP contribution in [0.3, 0.4) is 0 Å². The third-order valence-corrected chi connectivity index (χ3v) is 4.80. The van der Waals surface area contributed by atoms with Crippen LogP contribution in [0, 0.1) is 0 Å². The second-order valence-electron chi connectivity index (χ2n) is 5.13. The van der Waals surface area contributed by atoms with E-state index in [0.717, 1.165) is 25.0 Å². The lowest BCUT2D eigenvalue weighted by Crippen LogP contribution is -2.39. The number of hydrogen-bond acceptors (Lipinski definition) is 4. The normalized spacial score (nSPS) is 21.8. The molecule has 2 unspecified atom stereocenters. The third-order valence-electron chi connectivity index (χ3n) is 3.56. The van der Waals surface area contributed by atoms with Crippen molar-refractivity contribution in [1.29, 1.82) is 0 Å². The molecule has 1 amide bonds. The van der Waals surface area contributed by atoms with Crippen LogP contribution in [0.5, 0.6) is 0 Å². The van der Waals surface area contributed by atoms with Crippen LogP contribution in [0.2, 0.25) is 0 Å². The van der Waals surface area contributed by atoms with Crippen LogP contribution in [0.15, 0.2) is 18.2 Å². The highest BCUT2D eigenvalue weighted by Crippen LogP contribution is 2.28. The summed E-state index contributed by atoms with van der Waals surface area (Å²) in [6.45, 7) is 2.15. The summed E-state index contributed by atoms with van der Waals surface area (Å²) in [6, 6.07) is 4.63. The molecule has 0 radical (unpaired) electrons. The molecule has 0 aliphatic heterocycles. The van der Waals surface area contributed by atoms with Crippen molar-refractivity contribution < 1.29 is 14.7 Å². The predicted octanol–water partition coefficient (Wildman–Crippen LogP) is 2.57. The van der Waals surface area contributed by atoms with Gasteiger partial charge in [-0.15, -0.1) is 0 Å². The molecule has 0 saturated heterocycles. The van der Waals surface area contributed by atoms with E-state index in [1.165, 1.54) is 12.5 Å². The summed E-state index contributed by atoms with van der Waals surface area (Å²) in [4.78, 5) is 26.9. The van der Waals surface area contributed by atoms with E-state index < -0.39 is 5.97 Å². The quantitative estimate of drug-likeness (QED) is 0.874. The molecule has 2 N–H and O–H groups in total. The van der Waals surface area contributed by atoms with E-state index in [1.54, 1.807) is 12.1 Å². The summed E-state index contributed by atoms with van der Waals surface area (Å²) in [6.07, 6.45) is 4.27. The van der Waals surface area contributed by atoms with Crippen molar-refractivity contribution in [2.75, 3.05) is 5.75 Å². The van der Waals surface area contributed by atoms with Crippen molar-refractivity contribution in [3.05, 3.63) is 29.6 Å². The lowest BCUT2D eigenvalue weighted by Gasteiger charge is -2.29. The van der Waals surface area contributed by atoms with Gasteiger partial charge in [0.05, 0.1) is 0 Å². The van der Waals surface area contributed by atoms with Crippen molar-refractivity contribution >= 4 is 23.6 Å². The Labute approximate surface area is 128 Å². The molecule has 1 fully saturated rings. The molecule has 0 aromatic carbocycles. The van der Waals surface area contributed by atoms with Crippen LogP contribution in [0.4, 0.5) is 0 Å². The largest absolute Gasteiger partial charge is 0.477 e. The fraction of sp³-hybridized carbons (Fsp3) is 0.533. The molecular weight excluding hydrogens is 288 g/mol. The minimum atomic E-state index is -1.12. The van der Waals surface area contributed by atoms with E-state index in [2.05, 4.69) is 17.2 Å². The molecule has 0 bridgehead atoms. The molecule has 2 rings (SSSR count). The Balaban J connectivity index is 1.97. The van der Waals surface area contributed by atoms with Crippen molar-refractivity contribution in [3.8, 4) is 0 Å². The number of carboxylic acid groups (broad SMARTS) is 1. The number of thioether (sulfide) groups is 1. The smallest absolute Gasteiger partial charge is 0.354 e. The first kappa shape index (κ1) is 15.8. The van der Waals surface area contributed by atoms with Gasteiger partial charge in [-0.3, -0.25) is 4.79 Å². The Morgan fingerprint density at radius 1 is 1.38 bits per heavy atom. The summed E-state index contributed by atoms with van der Waals surface area (Å²) < 4.78 is 0. The Bertz CT molecular complexity index is 519. The fourth-order valence-corrected chi connectivity index (χ4v) is 3.78. The number of nitrogens with one attached hydrogen (secondary N) is 1. The number of hydrogen-bond donors (Lipinski definition) is 2. The molecule has 1 aromatic heterocycles. The summed E-state index contributed by atoms with van der Waals surface area (Å²) in [5, 5.41) is 12.5. The van der Waals surface area contributed by atoms with Gasteiger partial charge in [0.25, 0.3) is 5.91 Å². The van der Waals surface area contributed by atoms with E-state index in [0.29, 0.717) is 5.25 Å². The van der Waals surface area contributed by atoms with Crippen LogP contribution in [0.1, 0.15) is 53.6 Å². The van der Waals surface area contributed by atoms with Gasteiger partial charge in [-0.1, -0.05) is 19.4 Å². The van der Waals surface area contributed by atoms with Crippen LogP contribution in [0.25, 0.3) is 0 Å². The summed E-state index contributed by atoms with van der Waals surface area (Å²) >= 11 is 1.94. The highest BCUT2D eigenvalue weighted by atomic mass is 32.2. The standard InChI is InChI=1S/C15H20N2O3S/c1-2-21-11-6-3-5-10(9-11)16-14(18)12-7-4-8-13(17-12)15(19)20/h4,7-8,10-11H,2-3,5-6,9H2,1H3,(H,16,18)(H,19,20). The summed E-state index contributed by atoms with van der Waals surface area (Å²) in [5.74, 6) is -0.319. The molecule has 6 heteroatoms. The van der Waals surface area contributed by atoms with Gasteiger partial charge < -0.3 is 10.4 Å². The van der Waals surface area contributed by atoms with Crippen molar-refractivity contribution in [1.82, 2.24) is 10.3 Å². The van der Waals surface area contributed by atoms with E-state index in [9.17, 15) is 9.59 Å². The SMILES string of the molecule is CCSC1CCCC(NC(=O)c2cccc(C(=O)O)n2)C1. The average molecular weight is 308 g/mol. The number of carbonyl (C=O) groups excluding carboxylic acids is 1. The minimum Gasteiger partial charge on any atom is -0.477 e. The first-order valence-corrected chi connectivity index (χ1v) is 8.27. The lowest BCUT2D eigenvalue weighted by molar-refractivity contribution is 0.0690. The van der Waals surface area contributed by atoms with Crippen LogP contribution in [-0.4, -0.2) is 39.0 Å². The Morgan fingerprint density at radius 3 is 2.86 bits per heavy atom. The molecule has 1 heterocycles. The van der Waals surface area contributed by atoms with Crippen molar-refractivity contribution in [2.24, 2.45) is 0 Å². The molecule has 1 aromatic rings. The van der Waals surface area contributed by atoms with Crippen LogP contribution >= 0.6 is 11.8 Å². The maximum absolute atomic E-state index is 12.2. The molecule has 1 aliphatic carbocycles. The van der Waals surface area contributed by atoms with Crippen molar-refractivity contribution in [3.63, 3.8) is 0 Å². The average Bonchev–Trinajstić information content (AvgIpc) is 2.48. The highest BCUT2D eigenvalue weighted by molar-refractivity contribution is 7.99. The number of nitrogens with zero attached hydrogens (tertiary/aromatic N) is 1. The number of aromatic carboxylic acids is 1. The predicted molar refractivity (Wildman–Crippen MR) is 82.8 cm³/mol. The number of pyridine rings is 1. The molecule has 114 valence electrons. The van der Waals surface area contributed by atoms with Gasteiger partial charge in [0.15, 0.2) is 0 Å². The van der Waals surface area contributed by atoms with Gasteiger partial charge in [0, 0.05) is 11.3 Å². The van der Waals surface area contributed by atoms with Gasteiger partial charge in [0.1, 0.15) is 11.4 Å². The second kappa shape index (κ2) is 7.45. The zero-order valence-electron chi connectivity index (χ0n) is 12.0. The van der Waals surface area contributed by atoms with E-state index in [-0.39, 0.29) is 23.3 Å². The van der Waals surface area contributed by atoms with E-state index >= 15 is 0 Å². The van der Waals surface area contributed by atoms with Gasteiger partial charge in [-0.2, -0.15) is 11.8 Å². The van der Waals surface area contributed by atoms with Crippen LogP contribution in [-0.2, 0) is 0 Å². The Kier molecular flexibility index (Phi) is 5.61. The van der Waals surface area contributed by atoms with Gasteiger partial charge in [-0.05, 0) is 37.1 Å². The zero-order chi connectivity index (χ0) is 15.2. The van der Waals surface area contributed by atoms with Gasteiger partial charge >= 0.3 is 5.97 Å². The lowest BCUT2D eigenvalue weighted by atomic mass is 9.95. The molecule has 2 atom stereocenters. The van der Waals surface area contributed by atoms with Crippen LogP contribution < -0.4 is 5.32 Å². The number of carbonyl (C=O) groups is 2. The molecule has 5 nitrogen and oxygen atoms in total. The summed E-state index contributed by atoms with van der Waals surface area (Å²) in [7, 11) is 0. The molecular formula is C15H20N2O3S. The maximum Gasteiger partial charge on any atom is 0.354 e. The third kappa shape index (κ3) is 4.46. The Hall–Kier alpha value is -1.56. The van der Waals surface area contributed by atoms with Crippen molar-refractivity contribution in [2.45, 2.75) is 43.9 Å². The number of carboxylic acids is 1. The van der Waals surface area contributed by atoms with E-state index in [1.807, 2.05) is 11.8 Å². The fourth-order valence-electron chi connectivity index (χ4n) is 2.60. The number of amides is 1. The number of aromatic nitrogens is 1. The number of rotatable bonds is 5. The van der Waals surface area contributed by atoms with E-state index in [4.69, 9.17) is 5.11 Å². The van der Waals surface area contributed by atoms with Gasteiger partial charge in [0.2, 0.25) is 0 Å². The maximum atomic E-state index is 12.2. The minimum absolute atomic E-state index is 0.106. The zero-order valence-corrected chi connectivity index (χ0v) is 12.9. The summed E-state index contributed by atoms with van der Waals surface area (Å²) in [5.41, 5.74) is 0.0610. The molecule has 21 heavy (non-hydrogen) atoms. The first-order valence-electron chi connectivity index (χ1n) is 7.23. The molecule has 1 aliphatic rings. The highest BCUT2D eigenvalue weighted by Gasteiger charge is 2.24. The molecule has 0 spiro atoms. The molecule has 1 saturated carbocycles. The first-order chi connectivity index (χ1) is 10.1. The topological polar surface area (TPSA) is 79.3 Å². The monoisotopic (exact) mass is 308 g/mol. The second-order valence-corrected chi connectivity index (χ2v) is 6.70. The van der Waals surface area contributed by atoms with Gasteiger partial charge in [-0.25, -0.2) is 9.78 Å². The Morgan fingerprint density at radius 2 is 2.14 bits per heavy atom.